The first-order chi connectivity index (χ1) is 8.58. The van der Waals surface area contributed by atoms with Gasteiger partial charge in [0.1, 0.15) is 11.6 Å². The molecule has 0 fully saturated rings. The molecule has 2 aromatic rings. The summed E-state index contributed by atoms with van der Waals surface area (Å²) in [5.74, 6) is -0.704. The van der Waals surface area contributed by atoms with Crippen molar-refractivity contribution >= 4 is 11.4 Å². The zero-order chi connectivity index (χ0) is 13.1. The fourth-order valence-electron chi connectivity index (χ4n) is 1.81. The van der Waals surface area contributed by atoms with Crippen LogP contribution in [0, 0.1) is 11.6 Å². The van der Waals surface area contributed by atoms with Crippen LogP contribution in [-0.2, 0) is 6.54 Å². The molecule has 0 amide bonds. The molecule has 18 heavy (non-hydrogen) atoms. The quantitative estimate of drug-likeness (QED) is 0.845. The maximum atomic E-state index is 13.3. The SMILES string of the molecule is CN(Cc1ccc(F)cc1)c1cccc(F)c1N. The molecule has 2 aromatic carbocycles. The van der Waals surface area contributed by atoms with Gasteiger partial charge in [-0.05, 0) is 29.8 Å². The fourth-order valence-corrected chi connectivity index (χ4v) is 1.81. The number of hydrogen-bond donors (Lipinski definition) is 1. The molecule has 94 valence electrons. The smallest absolute Gasteiger partial charge is 0.148 e. The van der Waals surface area contributed by atoms with Crippen LogP contribution in [0.1, 0.15) is 5.56 Å². The van der Waals surface area contributed by atoms with E-state index in [1.165, 1.54) is 18.2 Å². The van der Waals surface area contributed by atoms with E-state index >= 15 is 0 Å². The minimum atomic E-state index is -0.432. The van der Waals surface area contributed by atoms with E-state index in [0.717, 1.165) is 5.56 Å². The monoisotopic (exact) mass is 248 g/mol. The van der Waals surface area contributed by atoms with Gasteiger partial charge in [0.05, 0.1) is 11.4 Å². The number of para-hydroxylation sites is 1. The van der Waals surface area contributed by atoms with E-state index in [9.17, 15) is 8.78 Å². The summed E-state index contributed by atoms with van der Waals surface area (Å²) in [5, 5.41) is 0. The van der Waals surface area contributed by atoms with Crippen LogP contribution in [0.3, 0.4) is 0 Å². The van der Waals surface area contributed by atoms with Gasteiger partial charge in [0, 0.05) is 13.6 Å². The maximum Gasteiger partial charge on any atom is 0.148 e. The van der Waals surface area contributed by atoms with E-state index < -0.39 is 5.82 Å². The first-order valence-electron chi connectivity index (χ1n) is 5.57. The lowest BCUT2D eigenvalue weighted by Gasteiger charge is -2.21. The van der Waals surface area contributed by atoms with Crippen molar-refractivity contribution in [3.05, 3.63) is 59.7 Å². The number of benzene rings is 2. The first-order valence-corrected chi connectivity index (χ1v) is 5.57. The lowest BCUT2D eigenvalue weighted by molar-refractivity contribution is 0.627. The van der Waals surface area contributed by atoms with Gasteiger partial charge in [0.2, 0.25) is 0 Å². The molecule has 0 saturated carbocycles. The topological polar surface area (TPSA) is 29.3 Å². The molecular weight excluding hydrogens is 234 g/mol. The first kappa shape index (κ1) is 12.4. The van der Waals surface area contributed by atoms with Crippen molar-refractivity contribution in [2.75, 3.05) is 17.7 Å². The van der Waals surface area contributed by atoms with Crippen molar-refractivity contribution in [2.45, 2.75) is 6.54 Å². The molecule has 0 saturated heterocycles. The number of nitrogens with zero attached hydrogens (tertiary/aromatic N) is 1. The Bertz CT molecular complexity index is 538. The van der Waals surface area contributed by atoms with E-state index in [1.54, 1.807) is 24.3 Å². The van der Waals surface area contributed by atoms with Crippen LogP contribution in [0.4, 0.5) is 20.2 Å². The predicted octanol–water partition coefficient (Wildman–Crippen LogP) is 3.18. The molecule has 0 aliphatic rings. The molecule has 0 aliphatic heterocycles. The Hall–Kier alpha value is -2.10. The third-order valence-corrected chi connectivity index (χ3v) is 2.77. The average Bonchev–Trinajstić information content (AvgIpc) is 2.35. The molecule has 2 rings (SSSR count). The molecule has 2 nitrogen and oxygen atoms in total. The van der Waals surface area contributed by atoms with Gasteiger partial charge in [0.15, 0.2) is 0 Å². The standard InChI is InChI=1S/C14H14F2N2/c1-18(9-10-5-7-11(15)8-6-10)13-4-2-3-12(16)14(13)17/h2-8H,9,17H2,1H3. The highest BCUT2D eigenvalue weighted by Gasteiger charge is 2.09. The van der Waals surface area contributed by atoms with Gasteiger partial charge >= 0.3 is 0 Å². The molecule has 2 N–H and O–H groups in total. The summed E-state index contributed by atoms with van der Waals surface area (Å²) in [7, 11) is 1.81. The van der Waals surface area contributed by atoms with Gasteiger partial charge in [-0.2, -0.15) is 0 Å². The third kappa shape index (κ3) is 2.59. The summed E-state index contributed by atoms with van der Waals surface area (Å²) in [6.45, 7) is 0.536. The van der Waals surface area contributed by atoms with Crippen molar-refractivity contribution in [2.24, 2.45) is 0 Å². The van der Waals surface area contributed by atoms with Gasteiger partial charge < -0.3 is 10.6 Å². The number of hydrogen-bond acceptors (Lipinski definition) is 2. The average molecular weight is 248 g/mol. The van der Waals surface area contributed by atoms with Crippen molar-refractivity contribution in [1.82, 2.24) is 0 Å². The second kappa shape index (κ2) is 5.04. The zero-order valence-electron chi connectivity index (χ0n) is 10.0. The Labute approximate surface area is 105 Å². The van der Waals surface area contributed by atoms with Crippen LogP contribution < -0.4 is 10.6 Å². The Balaban J connectivity index is 2.19. The Morgan fingerprint density at radius 1 is 1.06 bits per heavy atom. The van der Waals surface area contributed by atoms with E-state index in [2.05, 4.69) is 0 Å². The van der Waals surface area contributed by atoms with E-state index in [0.29, 0.717) is 12.2 Å². The summed E-state index contributed by atoms with van der Waals surface area (Å²) in [6, 6.07) is 10.9. The number of rotatable bonds is 3. The van der Waals surface area contributed by atoms with Crippen molar-refractivity contribution < 1.29 is 8.78 Å². The van der Waals surface area contributed by atoms with E-state index in [1.807, 2.05) is 11.9 Å². The summed E-state index contributed by atoms with van der Waals surface area (Å²) in [4.78, 5) is 1.83. The molecule has 0 atom stereocenters. The molecule has 4 heteroatoms. The van der Waals surface area contributed by atoms with Crippen LogP contribution in [0.15, 0.2) is 42.5 Å². The Morgan fingerprint density at radius 3 is 2.39 bits per heavy atom. The minimum Gasteiger partial charge on any atom is -0.395 e. The molecule has 0 spiro atoms. The van der Waals surface area contributed by atoms with Crippen molar-refractivity contribution in [3.8, 4) is 0 Å². The van der Waals surface area contributed by atoms with Crippen LogP contribution in [0.5, 0.6) is 0 Å². The zero-order valence-corrected chi connectivity index (χ0v) is 10.0. The van der Waals surface area contributed by atoms with Crippen LogP contribution in [0.2, 0.25) is 0 Å². The minimum absolute atomic E-state index is 0.127. The van der Waals surface area contributed by atoms with Gasteiger partial charge in [-0.25, -0.2) is 8.78 Å². The van der Waals surface area contributed by atoms with Crippen LogP contribution >= 0.6 is 0 Å². The molecule has 0 unspecified atom stereocenters. The lowest BCUT2D eigenvalue weighted by Crippen LogP contribution is -2.18. The summed E-state index contributed by atoms with van der Waals surface area (Å²) in [5.41, 5.74) is 7.37. The highest BCUT2D eigenvalue weighted by molar-refractivity contribution is 5.67. The lowest BCUT2D eigenvalue weighted by atomic mass is 10.2. The third-order valence-electron chi connectivity index (χ3n) is 2.77. The Kier molecular flexibility index (Phi) is 3.46. The normalized spacial score (nSPS) is 10.4. The molecule has 0 aliphatic carbocycles. The number of nitrogens with two attached hydrogens (primary N) is 1. The van der Waals surface area contributed by atoms with Gasteiger partial charge in [-0.1, -0.05) is 18.2 Å². The van der Waals surface area contributed by atoms with Crippen molar-refractivity contribution in [3.63, 3.8) is 0 Å². The van der Waals surface area contributed by atoms with Gasteiger partial charge in [0.25, 0.3) is 0 Å². The van der Waals surface area contributed by atoms with Crippen LogP contribution in [0.25, 0.3) is 0 Å². The summed E-state index contributed by atoms with van der Waals surface area (Å²) >= 11 is 0. The predicted molar refractivity (Wildman–Crippen MR) is 69.3 cm³/mol. The van der Waals surface area contributed by atoms with E-state index in [-0.39, 0.29) is 11.5 Å². The highest BCUT2D eigenvalue weighted by atomic mass is 19.1. The second-order valence-electron chi connectivity index (χ2n) is 4.16. The molecule has 0 heterocycles. The van der Waals surface area contributed by atoms with Gasteiger partial charge in [-0.3, -0.25) is 0 Å². The van der Waals surface area contributed by atoms with Gasteiger partial charge in [-0.15, -0.1) is 0 Å². The maximum absolute atomic E-state index is 13.3. The molecule has 0 radical (unpaired) electrons. The molecular formula is C14H14F2N2. The summed E-state index contributed by atoms with van der Waals surface area (Å²) in [6.07, 6.45) is 0. The summed E-state index contributed by atoms with van der Waals surface area (Å²) < 4.78 is 26.1. The number of halogens is 2. The number of anilines is 2. The van der Waals surface area contributed by atoms with E-state index in [4.69, 9.17) is 5.73 Å². The molecule has 0 bridgehead atoms. The molecule has 0 aromatic heterocycles. The fraction of sp³-hybridized carbons (Fsp3) is 0.143. The van der Waals surface area contributed by atoms with Crippen LogP contribution in [-0.4, -0.2) is 7.05 Å². The second-order valence-corrected chi connectivity index (χ2v) is 4.16. The van der Waals surface area contributed by atoms with Crippen molar-refractivity contribution in [1.29, 1.82) is 0 Å². The Morgan fingerprint density at radius 2 is 1.72 bits per heavy atom. The largest absolute Gasteiger partial charge is 0.395 e. The highest BCUT2D eigenvalue weighted by Crippen LogP contribution is 2.25. The number of nitrogen functional groups attached to an aromatic ring is 1.